The first-order chi connectivity index (χ1) is 6.86. The molecule has 2 aromatic rings. The smallest absolute Gasteiger partial charge is 0.183 e. The molecule has 0 saturated carbocycles. The maximum Gasteiger partial charge on any atom is 0.183 e. The highest BCUT2D eigenvalue weighted by molar-refractivity contribution is 7.13. The molecule has 0 amide bonds. The standard InChI is InChI=1S/C10H11N3S/c1-8(9-4-2-3-5-11-9)13-10-12-6-7-14-10/h2-8H,1H3,(H,12,13). The molecule has 1 unspecified atom stereocenters. The van der Waals surface area contributed by atoms with E-state index in [1.807, 2.05) is 23.6 Å². The van der Waals surface area contributed by atoms with Gasteiger partial charge in [0.05, 0.1) is 11.7 Å². The van der Waals surface area contributed by atoms with Gasteiger partial charge in [0.1, 0.15) is 0 Å². The Balaban J connectivity index is 2.07. The van der Waals surface area contributed by atoms with Crippen LogP contribution in [-0.2, 0) is 0 Å². The maximum absolute atomic E-state index is 4.27. The fourth-order valence-electron chi connectivity index (χ4n) is 1.19. The van der Waals surface area contributed by atoms with E-state index in [4.69, 9.17) is 0 Å². The second kappa shape index (κ2) is 4.19. The normalized spacial score (nSPS) is 12.4. The Morgan fingerprint density at radius 2 is 2.21 bits per heavy atom. The summed E-state index contributed by atoms with van der Waals surface area (Å²) in [6, 6.07) is 6.11. The first-order valence-electron chi connectivity index (χ1n) is 4.43. The van der Waals surface area contributed by atoms with Crippen molar-refractivity contribution >= 4 is 16.5 Å². The molecule has 72 valence electrons. The van der Waals surface area contributed by atoms with Crippen molar-refractivity contribution < 1.29 is 0 Å². The number of nitrogens with one attached hydrogen (secondary N) is 1. The Morgan fingerprint density at radius 1 is 1.29 bits per heavy atom. The molecule has 0 aliphatic rings. The van der Waals surface area contributed by atoms with Crippen molar-refractivity contribution in [3.8, 4) is 0 Å². The number of anilines is 1. The van der Waals surface area contributed by atoms with Crippen LogP contribution in [0.25, 0.3) is 0 Å². The zero-order chi connectivity index (χ0) is 9.80. The van der Waals surface area contributed by atoms with Crippen LogP contribution in [0.5, 0.6) is 0 Å². The van der Waals surface area contributed by atoms with E-state index in [1.54, 1.807) is 23.7 Å². The molecule has 1 atom stereocenters. The van der Waals surface area contributed by atoms with Crippen LogP contribution in [0.15, 0.2) is 36.0 Å². The predicted molar refractivity (Wildman–Crippen MR) is 58.4 cm³/mol. The third-order valence-corrected chi connectivity index (χ3v) is 2.61. The van der Waals surface area contributed by atoms with Crippen molar-refractivity contribution in [2.24, 2.45) is 0 Å². The van der Waals surface area contributed by atoms with Crippen LogP contribution in [0.3, 0.4) is 0 Å². The third-order valence-electron chi connectivity index (χ3n) is 1.90. The highest BCUT2D eigenvalue weighted by Crippen LogP contribution is 2.18. The Bertz CT molecular complexity index is 372. The molecular formula is C10H11N3S. The first kappa shape index (κ1) is 9.15. The lowest BCUT2D eigenvalue weighted by molar-refractivity contribution is 0.837. The van der Waals surface area contributed by atoms with Crippen molar-refractivity contribution in [2.75, 3.05) is 5.32 Å². The number of aromatic nitrogens is 2. The van der Waals surface area contributed by atoms with Gasteiger partial charge in [-0.2, -0.15) is 0 Å². The number of rotatable bonds is 3. The van der Waals surface area contributed by atoms with Crippen molar-refractivity contribution in [2.45, 2.75) is 13.0 Å². The number of hydrogen-bond donors (Lipinski definition) is 1. The Labute approximate surface area is 86.8 Å². The zero-order valence-corrected chi connectivity index (χ0v) is 8.66. The number of nitrogens with zero attached hydrogens (tertiary/aromatic N) is 2. The van der Waals surface area contributed by atoms with Crippen LogP contribution in [0.1, 0.15) is 18.7 Å². The molecule has 2 heterocycles. The van der Waals surface area contributed by atoms with Gasteiger partial charge in [-0.1, -0.05) is 6.07 Å². The molecule has 0 fully saturated rings. The van der Waals surface area contributed by atoms with Gasteiger partial charge in [0, 0.05) is 17.8 Å². The van der Waals surface area contributed by atoms with E-state index in [0.717, 1.165) is 10.8 Å². The second-order valence-corrected chi connectivity index (χ2v) is 3.85. The third kappa shape index (κ3) is 2.09. The fraction of sp³-hybridized carbons (Fsp3) is 0.200. The molecule has 0 aromatic carbocycles. The summed E-state index contributed by atoms with van der Waals surface area (Å²) in [6.45, 7) is 2.07. The number of pyridine rings is 1. The lowest BCUT2D eigenvalue weighted by atomic mass is 10.2. The van der Waals surface area contributed by atoms with Gasteiger partial charge in [0.15, 0.2) is 5.13 Å². The van der Waals surface area contributed by atoms with E-state index in [2.05, 4.69) is 22.2 Å². The molecule has 2 aromatic heterocycles. The second-order valence-electron chi connectivity index (χ2n) is 2.96. The summed E-state index contributed by atoms with van der Waals surface area (Å²) < 4.78 is 0. The molecule has 4 heteroatoms. The number of hydrogen-bond acceptors (Lipinski definition) is 4. The molecule has 0 aliphatic heterocycles. The van der Waals surface area contributed by atoms with Gasteiger partial charge in [0.25, 0.3) is 0 Å². The highest BCUT2D eigenvalue weighted by atomic mass is 32.1. The molecule has 0 spiro atoms. The summed E-state index contributed by atoms with van der Waals surface area (Å²) in [5, 5.41) is 6.17. The lowest BCUT2D eigenvalue weighted by Gasteiger charge is -2.11. The molecule has 2 rings (SSSR count). The van der Waals surface area contributed by atoms with Gasteiger partial charge in [0.2, 0.25) is 0 Å². The summed E-state index contributed by atoms with van der Waals surface area (Å²) in [7, 11) is 0. The van der Waals surface area contributed by atoms with E-state index >= 15 is 0 Å². The Kier molecular flexibility index (Phi) is 2.74. The SMILES string of the molecule is CC(Nc1nccs1)c1ccccn1. The van der Waals surface area contributed by atoms with E-state index in [9.17, 15) is 0 Å². The summed E-state index contributed by atoms with van der Waals surface area (Å²) >= 11 is 1.60. The van der Waals surface area contributed by atoms with E-state index < -0.39 is 0 Å². The van der Waals surface area contributed by atoms with Crippen LogP contribution in [0.2, 0.25) is 0 Å². The minimum atomic E-state index is 0.197. The average molecular weight is 205 g/mol. The van der Waals surface area contributed by atoms with Gasteiger partial charge in [-0.05, 0) is 19.1 Å². The van der Waals surface area contributed by atoms with Crippen molar-refractivity contribution in [3.63, 3.8) is 0 Å². The van der Waals surface area contributed by atoms with Crippen LogP contribution in [0, 0.1) is 0 Å². The minimum absolute atomic E-state index is 0.197. The lowest BCUT2D eigenvalue weighted by Crippen LogP contribution is -2.07. The van der Waals surface area contributed by atoms with Crippen LogP contribution in [0.4, 0.5) is 5.13 Å². The Hall–Kier alpha value is -1.42. The molecule has 14 heavy (non-hydrogen) atoms. The van der Waals surface area contributed by atoms with Gasteiger partial charge < -0.3 is 5.32 Å². The fourth-order valence-corrected chi connectivity index (χ4v) is 1.80. The van der Waals surface area contributed by atoms with E-state index in [1.165, 1.54) is 0 Å². The predicted octanol–water partition coefficient (Wildman–Crippen LogP) is 2.71. The molecule has 3 nitrogen and oxygen atoms in total. The Morgan fingerprint density at radius 3 is 2.86 bits per heavy atom. The first-order valence-corrected chi connectivity index (χ1v) is 5.31. The van der Waals surface area contributed by atoms with Crippen LogP contribution in [-0.4, -0.2) is 9.97 Å². The average Bonchev–Trinajstić information content (AvgIpc) is 2.72. The quantitative estimate of drug-likeness (QED) is 0.837. The van der Waals surface area contributed by atoms with E-state index in [-0.39, 0.29) is 6.04 Å². The number of thiazole rings is 1. The minimum Gasteiger partial charge on any atom is -0.353 e. The van der Waals surface area contributed by atoms with Crippen molar-refractivity contribution in [1.82, 2.24) is 9.97 Å². The molecule has 0 saturated heterocycles. The molecule has 0 bridgehead atoms. The van der Waals surface area contributed by atoms with Gasteiger partial charge in [-0.3, -0.25) is 4.98 Å². The van der Waals surface area contributed by atoms with Gasteiger partial charge in [-0.15, -0.1) is 11.3 Å². The molecule has 0 aliphatic carbocycles. The summed E-state index contributed by atoms with van der Waals surface area (Å²) in [4.78, 5) is 8.43. The largest absolute Gasteiger partial charge is 0.353 e. The summed E-state index contributed by atoms with van der Waals surface area (Å²) in [5.74, 6) is 0. The topological polar surface area (TPSA) is 37.8 Å². The zero-order valence-electron chi connectivity index (χ0n) is 7.84. The van der Waals surface area contributed by atoms with E-state index in [0.29, 0.717) is 0 Å². The van der Waals surface area contributed by atoms with Crippen LogP contribution >= 0.6 is 11.3 Å². The molecular weight excluding hydrogens is 194 g/mol. The molecule has 1 N–H and O–H groups in total. The van der Waals surface area contributed by atoms with Crippen molar-refractivity contribution in [3.05, 3.63) is 41.7 Å². The maximum atomic E-state index is 4.27. The van der Waals surface area contributed by atoms with Crippen LogP contribution < -0.4 is 5.32 Å². The molecule has 0 radical (unpaired) electrons. The van der Waals surface area contributed by atoms with Crippen molar-refractivity contribution in [1.29, 1.82) is 0 Å². The van der Waals surface area contributed by atoms with Gasteiger partial charge in [-0.25, -0.2) is 4.98 Å². The summed E-state index contributed by atoms with van der Waals surface area (Å²) in [5.41, 5.74) is 1.03. The monoisotopic (exact) mass is 205 g/mol. The highest BCUT2D eigenvalue weighted by Gasteiger charge is 2.06. The summed E-state index contributed by atoms with van der Waals surface area (Å²) in [6.07, 6.45) is 3.59. The van der Waals surface area contributed by atoms with Gasteiger partial charge >= 0.3 is 0 Å².